The number of sulfonamides is 1. The number of hydrogen-bond donors (Lipinski definition) is 2. The van der Waals surface area contributed by atoms with Crippen LogP contribution < -0.4 is 9.46 Å². The summed E-state index contributed by atoms with van der Waals surface area (Å²) in [6.07, 6.45) is 2.38. The molecule has 0 bridgehead atoms. The van der Waals surface area contributed by atoms with Crippen LogP contribution in [0.15, 0.2) is 41.3 Å². The van der Waals surface area contributed by atoms with Crippen molar-refractivity contribution >= 4 is 20.8 Å². The third-order valence-corrected chi connectivity index (χ3v) is 5.04. The smallest absolute Gasteiger partial charge is 0.241 e. The molecule has 0 atom stereocenters. The van der Waals surface area contributed by atoms with Crippen LogP contribution in [-0.2, 0) is 10.0 Å². The van der Waals surface area contributed by atoms with Crippen molar-refractivity contribution in [3.8, 4) is 5.75 Å². The predicted molar refractivity (Wildman–Crippen MR) is 91.2 cm³/mol. The van der Waals surface area contributed by atoms with Crippen molar-refractivity contribution in [2.75, 3.05) is 19.8 Å². The minimum Gasteiger partial charge on any atom is -0.493 e. The number of aliphatic hydroxyl groups excluding tert-OH is 1. The summed E-state index contributed by atoms with van der Waals surface area (Å²) in [5.41, 5.74) is 0. The van der Waals surface area contributed by atoms with Crippen molar-refractivity contribution in [3.05, 3.63) is 36.4 Å². The van der Waals surface area contributed by atoms with Gasteiger partial charge in [-0.3, -0.25) is 0 Å². The Kier molecular flexibility index (Phi) is 6.38. The Bertz CT molecular complexity index is 743. The summed E-state index contributed by atoms with van der Waals surface area (Å²) in [5, 5.41) is 10.2. The van der Waals surface area contributed by atoms with E-state index in [1.807, 2.05) is 18.2 Å². The quantitative estimate of drug-likeness (QED) is 0.690. The lowest BCUT2D eigenvalue weighted by Gasteiger charge is -2.13. The van der Waals surface area contributed by atoms with Crippen molar-refractivity contribution < 1.29 is 18.3 Å². The standard InChI is InChI=1S/C17H23NO4S/c1-2-3-13-22-16-9-10-17(15-8-5-4-7-14(15)16)23(20,21)18-11-6-12-19/h4-5,7-10,18-19H,2-3,6,11-13H2,1H3. The van der Waals surface area contributed by atoms with E-state index in [1.54, 1.807) is 18.2 Å². The summed E-state index contributed by atoms with van der Waals surface area (Å²) >= 11 is 0. The third kappa shape index (κ3) is 4.43. The molecule has 2 rings (SSSR count). The second-order valence-electron chi connectivity index (χ2n) is 5.28. The molecule has 0 spiro atoms. The molecule has 2 N–H and O–H groups in total. The Morgan fingerprint density at radius 2 is 1.83 bits per heavy atom. The summed E-state index contributed by atoms with van der Waals surface area (Å²) in [6, 6.07) is 10.6. The molecule has 5 nitrogen and oxygen atoms in total. The van der Waals surface area contributed by atoms with E-state index in [9.17, 15) is 8.42 Å². The molecule has 0 fully saturated rings. The maximum absolute atomic E-state index is 12.5. The minimum atomic E-state index is -3.62. The van der Waals surface area contributed by atoms with Gasteiger partial charge in [-0.15, -0.1) is 0 Å². The Morgan fingerprint density at radius 1 is 1.09 bits per heavy atom. The molecule has 0 radical (unpaired) electrons. The predicted octanol–water partition coefficient (Wildman–Crippen LogP) is 2.68. The molecule has 0 aromatic heterocycles. The van der Waals surface area contributed by atoms with E-state index in [0.717, 1.165) is 18.2 Å². The van der Waals surface area contributed by atoms with Crippen molar-refractivity contribution in [1.82, 2.24) is 4.72 Å². The van der Waals surface area contributed by atoms with Crippen molar-refractivity contribution in [3.63, 3.8) is 0 Å². The first-order valence-electron chi connectivity index (χ1n) is 7.85. The SMILES string of the molecule is CCCCOc1ccc(S(=O)(=O)NCCCO)c2ccccc12. The van der Waals surface area contributed by atoms with Gasteiger partial charge in [-0.05, 0) is 25.0 Å². The number of ether oxygens (including phenoxy) is 1. The van der Waals surface area contributed by atoms with Gasteiger partial charge in [0, 0.05) is 23.9 Å². The molecule has 0 aliphatic rings. The summed E-state index contributed by atoms with van der Waals surface area (Å²) < 4.78 is 33.2. The van der Waals surface area contributed by atoms with Gasteiger partial charge in [0.15, 0.2) is 0 Å². The lowest BCUT2D eigenvalue weighted by Crippen LogP contribution is -2.25. The lowest BCUT2D eigenvalue weighted by atomic mass is 10.1. The zero-order valence-corrected chi connectivity index (χ0v) is 14.1. The van der Waals surface area contributed by atoms with Crippen LogP contribution in [0.3, 0.4) is 0 Å². The van der Waals surface area contributed by atoms with Crippen LogP contribution in [0.5, 0.6) is 5.75 Å². The minimum absolute atomic E-state index is 0.0481. The molecule has 2 aromatic rings. The largest absolute Gasteiger partial charge is 0.493 e. The molecule has 23 heavy (non-hydrogen) atoms. The summed E-state index contributed by atoms with van der Waals surface area (Å²) in [4.78, 5) is 0.230. The molecule has 0 aliphatic heterocycles. The highest BCUT2D eigenvalue weighted by Crippen LogP contribution is 2.31. The highest BCUT2D eigenvalue weighted by Gasteiger charge is 2.18. The van der Waals surface area contributed by atoms with E-state index in [2.05, 4.69) is 11.6 Å². The molecular weight excluding hydrogens is 314 g/mol. The molecule has 0 saturated carbocycles. The van der Waals surface area contributed by atoms with Gasteiger partial charge in [0.05, 0.1) is 11.5 Å². The van der Waals surface area contributed by atoms with Crippen molar-refractivity contribution in [1.29, 1.82) is 0 Å². The van der Waals surface area contributed by atoms with Crippen molar-refractivity contribution in [2.45, 2.75) is 31.1 Å². The van der Waals surface area contributed by atoms with Crippen LogP contribution in [0.2, 0.25) is 0 Å². The van der Waals surface area contributed by atoms with Crippen LogP contribution in [0.1, 0.15) is 26.2 Å². The first kappa shape index (κ1) is 17.7. The van der Waals surface area contributed by atoms with Crippen LogP contribution in [0.25, 0.3) is 10.8 Å². The fourth-order valence-electron chi connectivity index (χ4n) is 2.29. The second-order valence-corrected chi connectivity index (χ2v) is 7.02. The van der Waals surface area contributed by atoms with Gasteiger partial charge in [-0.2, -0.15) is 0 Å². The van der Waals surface area contributed by atoms with E-state index in [1.165, 1.54) is 0 Å². The maximum atomic E-state index is 12.5. The van der Waals surface area contributed by atoms with Gasteiger partial charge < -0.3 is 9.84 Å². The van der Waals surface area contributed by atoms with Crippen LogP contribution >= 0.6 is 0 Å². The lowest BCUT2D eigenvalue weighted by molar-refractivity contribution is 0.289. The average molecular weight is 337 g/mol. The number of unbranched alkanes of at least 4 members (excludes halogenated alkanes) is 1. The van der Waals surface area contributed by atoms with Crippen LogP contribution in [-0.4, -0.2) is 33.3 Å². The van der Waals surface area contributed by atoms with Gasteiger partial charge in [0.1, 0.15) is 5.75 Å². The van der Waals surface area contributed by atoms with Gasteiger partial charge in [-0.25, -0.2) is 13.1 Å². The molecule has 6 heteroatoms. The highest BCUT2D eigenvalue weighted by molar-refractivity contribution is 7.89. The zero-order valence-electron chi connectivity index (χ0n) is 13.3. The molecule has 126 valence electrons. The molecule has 0 aliphatic carbocycles. The van der Waals surface area contributed by atoms with E-state index < -0.39 is 10.0 Å². The van der Waals surface area contributed by atoms with Gasteiger partial charge >= 0.3 is 0 Å². The second kappa shape index (κ2) is 8.29. The highest BCUT2D eigenvalue weighted by atomic mass is 32.2. The Labute approximate surface area is 137 Å². The Hall–Kier alpha value is -1.63. The van der Waals surface area contributed by atoms with E-state index in [-0.39, 0.29) is 18.0 Å². The molecule has 0 amide bonds. The van der Waals surface area contributed by atoms with Gasteiger partial charge in [-0.1, -0.05) is 37.6 Å². The third-order valence-electron chi connectivity index (χ3n) is 3.52. The van der Waals surface area contributed by atoms with E-state index in [4.69, 9.17) is 9.84 Å². The first-order chi connectivity index (χ1) is 11.1. The van der Waals surface area contributed by atoms with Crippen LogP contribution in [0.4, 0.5) is 0 Å². The molecular formula is C17H23NO4S. The number of rotatable bonds is 9. The fourth-order valence-corrected chi connectivity index (χ4v) is 3.58. The van der Waals surface area contributed by atoms with E-state index in [0.29, 0.717) is 24.2 Å². The summed E-state index contributed by atoms with van der Waals surface area (Å²) in [6.45, 7) is 2.87. The van der Waals surface area contributed by atoms with Gasteiger partial charge in [0.25, 0.3) is 0 Å². The monoisotopic (exact) mass is 337 g/mol. The number of hydrogen-bond acceptors (Lipinski definition) is 4. The Balaban J connectivity index is 2.37. The summed E-state index contributed by atoms with van der Waals surface area (Å²) in [5.74, 6) is 0.698. The molecule has 0 saturated heterocycles. The first-order valence-corrected chi connectivity index (χ1v) is 9.33. The van der Waals surface area contributed by atoms with E-state index >= 15 is 0 Å². The normalized spacial score (nSPS) is 11.7. The number of fused-ring (bicyclic) bond motifs is 1. The topological polar surface area (TPSA) is 75.6 Å². The van der Waals surface area contributed by atoms with Crippen LogP contribution in [0, 0.1) is 0 Å². The Morgan fingerprint density at radius 3 is 2.52 bits per heavy atom. The summed E-state index contributed by atoms with van der Waals surface area (Å²) in [7, 11) is -3.62. The fraction of sp³-hybridized carbons (Fsp3) is 0.412. The number of nitrogens with one attached hydrogen (secondary N) is 1. The van der Waals surface area contributed by atoms with Crippen molar-refractivity contribution in [2.24, 2.45) is 0 Å². The maximum Gasteiger partial charge on any atom is 0.241 e. The zero-order chi connectivity index (χ0) is 16.7. The molecule has 2 aromatic carbocycles. The number of benzene rings is 2. The number of aliphatic hydroxyl groups is 1. The van der Waals surface area contributed by atoms with Gasteiger partial charge in [0.2, 0.25) is 10.0 Å². The molecule has 0 unspecified atom stereocenters. The molecule has 0 heterocycles. The average Bonchev–Trinajstić information content (AvgIpc) is 2.55.